The lowest BCUT2D eigenvalue weighted by Crippen LogP contribution is -2.32. The molecule has 1 amide bonds. The van der Waals surface area contributed by atoms with Gasteiger partial charge in [-0.1, -0.05) is 23.8 Å². The molecule has 1 aromatic rings. The molecule has 1 heterocycles. The van der Waals surface area contributed by atoms with Crippen molar-refractivity contribution in [2.45, 2.75) is 32.8 Å². The third-order valence-electron chi connectivity index (χ3n) is 2.41. The van der Waals surface area contributed by atoms with Crippen molar-refractivity contribution in [2.75, 3.05) is 6.54 Å². The van der Waals surface area contributed by atoms with Crippen LogP contribution in [0.25, 0.3) is 6.08 Å². The molecule has 0 aromatic carbocycles. The zero-order chi connectivity index (χ0) is 16.8. The van der Waals surface area contributed by atoms with E-state index in [0.717, 1.165) is 0 Å². The lowest BCUT2D eigenvalue weighted by atomic mass is 10.1. The summed E-state index contributed by atoms with van der Waals surface area (Å²) in [7, 11) is 0. The number of aromatic carboxylic acids is 1. The fourth-order valence-corrected chi connectivity index (χ4v) is 1.70. The van der Waals surface area contributed by atoms with Crippen molar-refractivity contribution < 1.29 is 19.4 Å². The summed E-state index contributed by atoms with van der Waals surface area (Å²) in [4.78, 5) is 26.4. The van der Waals surface area contributed by atoms with Gasteiger partial charge in [0.1, 0.15) is 10.8 Å². The Hall–Kier alpha value is -2.08. The van der Waals surface area contributed by atoms with E-state index in [1.165, 1.54) is 12.3 Å². The Kier molecular flexibility index (Phi) is 6.37. The third kappa shape index (κ3) is 6.58. The number of carboxylic acid groups (broad SMARTS) is 1. The summed E-state index contributed by atoms with van der Waals surface area (Å²) < 4.78 is 5.09. The van der Waals surface area contributed by atoms with E-state index < -0.39 is 17.7 Å². The Morgan fingerprint density at radius 2 is 2.14 bits per heavy atom. The Labute approximate surface area is 134 Å². The molecule has 0 atom stereocenters. The van der Waals surface area contributed by atoms with Gasteiger partial charge in [-0.05, 0) is 33.3 Å². The summed E-state index contributed by atoms with van der Waals surface area (Å²) in [5.41, 5.74) is -0.00353. The molecule has 0 unspecified atom stereocenters. The minimum Gasteiger partial charge on any atom is -0.478 e. The number of carbonyl (C=O) groups excluding carboxylic acids is 1. The number of ether oxygens (including phenoxy) is 1. The van der Waals surface area contributed by atoms with Crippen LogP contribution in [0, 0.1) is 0 Å². The Morgan fingerprint density at radius 3 is 2.73 bits per heavy atom. The van der Waals surface area contributed by atoms with Crippen molar-refractivity contribution in [1.29, 1.82) is 0 Å². The summed E-state index contributed by atoms with van der Waals surface area (Å²) in [5.74, 6) is -1.07. The first-order valence-electron chi connectivity index (χ1n) is 6.71. The predicted molar refractivity (Wildman–Crippen MR) is 84.1 cm³/mol. The average molecular weight is 327 g/mol. The second-order valence-corrected chi connectivity index (χ2v) is 5.91. The van der Waals surface area contributed by atoms with Crippen LogP contribution in [0.15, 0.2) is 18.3 Å². The van der Waals surface area contributed by atoms with Crippen molar-refractivity contribution in [1.82, 2.24) is 10.3 Å². The molecule has 7 heteroatoms. The summed E-state index contributed by atoms with van der Waals surface area (Å²) in [6, 6.07) is 1.29. The number of alkyl carbamates (subject to hydrolysis) is 1. The van der Waals surface area contributed by atoms with E-state index in [1.54, 1.807) is 32.9 Å². The van der Waals surface area contributed by atoms with Gasteiger partial charge in [0.25, 0.3) is 0 Å². The molecule has 2 N–H and O–H groups in total. The number of rotatable bonds is 5. The molecular weight excluding hydrogens is 308 g/mol. The van der Waals surface area contributed by atoms with Gasteiger partial charge in [0, 0.05) is 18.3 Å². The zero-order valence-electron chi connectivity index (χ0n) is 12.7. The van der Waals surface area contributed by atoms with Gasteiger partial charge in [-0.2, -0.15) is 0 Å². The minimum absolute atomic E-state index is 0.0800. The first-order valence-corrected chi connectivity index (χ1v) is 7.09. The van der Waals surface area contributed by atoms with Crippen molar-refractivity contribution in [3.8, 4) is 0 Å². The Morgan fingerprint density at radius 1 is 1.45 bits per heavy atom. The SMILES string of the molecule is CC(C)(C)OC(=O)NCCC=Cc1cnc(Cl)cc1C(=O)O. The van der Waals surface area contributed by atoms with Crippen LogP contribution in [0.3, 0.4) is 0 Å². The largest absolute Gasteiger partial charge is 0.478 e. The fraction of sp³-hybridized carbons (Fsp3) is 0.400. The van der Waals surface area contributed by atoms with Crippen LogP contribution in [0.1, 0.15) is 43.1 Å². The summed E-state index contributed by atoms with van der Waals surface area (Å²) in [5, 5.41) is 11.8. The molecule has 0 aliphatic heterocycles. The number of hydrogen-bond acceptors (Lipinski definition) is 4. The third-order valence-corrected chi connectivity index (χ3v) is 2.62. The molecule has 6 nitrogen and oxygen atoms in total. The van der Waals surface area contributed by atoms with Crippen LogP contribution >= 0.6 is 11.6 Å². The maximum Gasteiger partial charge on any atom is 0.407 e. The van der Waals surface area contributed by atoms with Crippen LogP contribution in [-0.4, -0.2) is 34.3 Å². The van der Waals surface area contributed by atoms with Crippen LogP contribution in [0.2, 0.25) is 5.15 Å². The van der Waals surface area contributed by atoms with Gasteiger partial charge in [0.05, 0.1) is 5.56 Å². The first kappa shape index (κ1) is 18.0. The van der Waals surface area contributed by atoms with Gasteiger partial charge in [0.2, 0.25) is 0 Å². The van der Waals surface area contributed by atoms with E-state index in [1.807, 2.05) is 0 Å². The molecule has 0 bridgehead atoms. The first-order chi connectivity index (χ1) is 10.2. The van der Waals surface area contributed by atoms with Crippen molar-refractivity contribution >= 4 is 29.7 Å². The second-order valence-electron chi connectivity index (χ2n) is 5.52. The second kappa shape index (κ2) is 7.79. The smallest absolute Gasteiger partial charge is 0.407 e. The van der Waals surface area contributed by atoms with E-state index >= 15 is 0 Å². The van der Waals surface area contributed by atoms with Crippen LogP contribution in [-0.2, 0) is 4.74 Å². The summed E-state index contributed by atoms with van der Waals surface area (Å²) in [6.45, 7) is 5.74. The number of carbonyl (C=O) groups is 2. The molecule has 0 saturated heterocycles. The van der Waals surface area contributed by atoms with E-state index in [-0.39, 0.29) is 10.7 Å². The Balaban J connectivity index is 2.50. The molecule has 0 fully saturated rings. The summed E-state index contributed by atoms with van der Waals surface area (Å²) >= 11 is 5.67. The molecular formula is C15H19ClN2O4. The minimum atomic E-state index is -1.07. The number of nitrogens with zero attached hydrogens (tertiary/aromatic N) is 1. The molecule has 22 heavy (non-hydrogen) atoms. The average Bonchev–Trinajstić information content (AvgIpc) is 2.37. The fourth-order valence-electron chi connectivity index (χ4n) is 1.54. The number of halogens is 1. The van der Waals surface area contributed by atoms with Crippen LogP contribution in [0.4, 0.5) is 4.79 Å². The number of amides is 1. The Bertz CT molecular complexity index is 579. The maximum absolute atomic E-state index is 11.4. The molecule has 0 spiro atoms. The standard InChI is InChI=1S/C15H19ClN2O4/c1-15(2,3)22-14(21)17-7-5-4-6-10-9-18-12(16)8-11(10)13(19)20/h4,6,8-9H,5,7H2,1-3H3,(H,17,21)(H,19,20). The molecule has 120 valence electrons. The van der Waals surface area contributed by atoms with Gasteiger partial charge in [-0.3, -0.25) is 0 Å². The highest BCUT2D eigenvalue weighted by atomic mass is 35.5. The quantitative estimate of drug-likeness (QED) is 0.639. The van der Waals surface area contributed by atoms with E-state index in [4.69, 9.17) is 21.4 Å². The molecule has 0 aliphatic rings. The van der Waals surface area contributed by atoms with Crippen LogP contribution in [0.5, 0.6) is 0 Å². The topological polar surface area (TPSA) is 88.5 Å². The number of aromatic nitrogens is 1. The predicted octanol–water partition coefficient (Wildman–Crippen LogP) is 3.36. The van der Waals surface area contributed by atoms with Gasteiger partial charge >= 0.3 is 12.1 Å². The van der Waals surface area contributed by atoms with Crippen molar-refractivity contribution in [3.63, 3.8) is 0 Å². The summed E-state index contributed by atoms with van der Waals surface area (Å²) in [6.07, 6.45) is 4.81. The maximum atomic E-state index is 11.4. The highest BCUT2D eigenvalue weighted by Gasteiger charge is 2.15. The van der Waals surface area contributed by atoms with Gasteiger partial charge in [-0.25, -0.2) is 14.6 Å². The monoisotopic (exact) mass is 326 g/mol. The molecule has 1 rings (SSSR count). The van der Waals surface area contributed by atoms with Crippen molar-refractivity contribution in [2.24, 2.45) is 0 Å². The highest BCUT2D eigenvalue weighted by Crippen LogP contribution is 2.15. The molecule has 0 aliphatic carbocycles. The molecule has 0 radical (unpaired) electrons. The van der Waals surface area contributed by atoms with Gasteiger partial charge in [0.15, 0.2) is 0 Å². The number of hydrogen-bond donors (Lipinski definition) is 2. The van der Waals surface area contributed by atoms with Gasteiger partial charge in [-0.15, -0.1) is 0 Å². The number of carboxylic acids is 1. The van der Waals surface area contributed by atoms with Gasteiger partial charge < -0.3 is 15.2 Å². The lowest BCUT2D eigenvalue weighted by Gasteiger charge is -2.19. The van der Waals surface area contributed by atoms with E-state index in [2.05, 4.69) is 10.3 Å². The molecule has 0 saturated carbocycles. The van der Waals surface area contributed by atoms with E-state index in [0.29, 0.717) is 18.5 Å². The number of nitrogens with one attached hydrogen (secondary N) is 1. The lowest BCUT2D eigenvalue weighted by molar-refractivity contribution is 0.0528. The van der Waals surface area contributed by atoms with Crippen molar-refractivity contribution in [3.05, 3.63) is 34.6 Å². The normalized spacial score (nSPS) is 11.5. The molecule has 1 aromatic heterocycles. The van der Waals surface area contributed by atoms with Crippen LogP contribution < -0.4 is 5.32 Å². The van der Waals surface area contributed by atoms with E-state index in [9.17, 15) is 9.59 Å². The zero-order valence-corrected chi connectivity index (χ0v) is 13.5. The highest BCUT2D eigenvalue weighted by molar-refractivity contribution is 6.29. The number of pyridine rings is 1.